The predicted molar refractivity (Wildman–Crippen MR) is 135 cm³/mol. The molecule has 3 aromatic rings. The highest BCUT2D eigenvalue weighted by Gasteiger charge is 2.34. The number of esters is 1. The van der Waals surface area contributed by atoms with Crippen LogP contribution in [-0.2, 0) is 11.2 Å². The molecule has 1 N–H and O–H groups in total. The van der Waals surface area contributed by atoms with Gasteiger partial charge in [0.1, 0.15) is 0 Å². The molecule has 35 heavy (non-hydrogen) atoms. The topological polar surface area (TPSA) is 77.1 Å². The van der Waals surface area contributed by atoms with E-state index in [1.807, 2.05) is 36.4 Å². The molecule has 0 saturated heterocycles. The molecule has 1 aliphatic heterocycles. The fourth-order valence-corrected chi connectivity index (χ4v) is 4.54. The number of nitrogens with one attached hydrogen (secondary N) is 1. The number of amides is 2. The first-order valence-electron chi connectivity index (χ1n) is 11.3. The summed E-state index contributed by atoms with van der Waals surface area (Å²) in [6, 6.07) is 17.3. The molecule has 0 aromatic heterocycles. The molecule has 8 heteroatoms. The minimum Gasteiger partial charge on any atom is -0.493 e. The Morgan fingerprint density at radius 3 is 2.34 bits per heavy atom. The largest absolute Gasteiger partial charge is 0.493 e. The van der Waals surface area contributed by atoms with Crippen molar-refractivity contribution in [2.24, 2.45) is 0 Å². The van der Waals surface area contributed by atoms with Gasteiger partial charge in [-0.25, -0.2) is 9.59 Å². The summed E-state index contributed by atoms with van der Waals surface area (Å²) in [6.45, 7) is 2.53. The fourth-order valence-electron chi connectivity index (χ4n) is 4.30. The van der Waals surface area contributed by atoms with E-state index >= 15 is 0 Å². The van der Waals surface area contributed by atoms with Crippen LogP contribution in [0.5, 0.6) is 11.5 Å². The molecule has 7 nitrogen and oxygen atoms in total. The third-order valence-corrected chi connectivity index (χ3v) is 6.33. The van der Waals surface area contributed by atoms with Crippen LogP contribution in [0.15, 0.2) is 60.7 Å². The van der Waals surface area contributed by atoms with Crippen LogP contribution < -0.4 is 14.8 Å². The van der Waals surface area contributed by atoms with Crippen molar-refractivity contribution in [3.05, 3.63) is 87.9 Å². The molecule has 0 radical (unpaired) electrons. The first kappa shape index (κ1) is 24.4. The summed E-state index contributed by atoms with van der Waals surface area (Å²) in [5.74, 6) is 0.824. The van der Waals surface area contributed by atoms with Crippen LogP contribution in [0.1, 0.15) is 40.0 Å². The lowest BCUT2D eigenvalue weighted by Gasteiger charge is -2.38. The summed E-state index contributed by atoms with van der Waals surface area (Å²) >= 11 is 6.60. The molecule has 1 atom stereocenters. The maximum Gasteiger partial charge on any atom is 0.338 e. The minimum atomic E-state index is -0.425. The highest BCUT2D eigenvalue weighted by Crippen LogP contribution is 2.42. The van der Waals surface area contributed by atoms with E-state index in [1.165, 1.54) is 0 Å². The van der Waals surface area contributed by atoms with Crippen molar-refractivity contribution < 1.29 is 23.8 Å². The van der Waals surface area contributed by atoms with Gasteiger partial charge in [-0.05, 0) is 72.5 Å². The fraction of sp³-hybridized carbons (Fsp3) is 0.259. The number of benzene rings is 3. The molecule has 0 saturated carbocycles. The summed E-state index contributed by atoms with van der Waals surface area (Å²) < 4.78 is 16.0. The van der Waals surface area contributed by atoms with Crippen molar-refractivity contribution in [3.8, 4) is 11.5 Å². The van der Waals surface area contributed by atoms with Crippen molar-refractivity contribution in [2.45, 2.75) is 19.4 Å². The third kappa shape index (κ3) is 5.05. The number of halogens is 1. The van der Waals surface area contributed by atoms with Gasteiger partial charge in [0.15, 0.2) is 11.5 Å². The number of anilines is 1. The third-order valence-electron chi connectivity index (χ3n) is 5.98. The standard InChI is InChI=1S/C27H27ClN2O5/c1-4-35-26(31)17-9-11-19(12-10-17)29-27(32)30-14-13-18-15-23(33-2)24(34-3)16-21(18)25(30)20-7-5-6-8-22(20)28/h5-12,15-16,25H,4,13-14H2,1-3H3,(H,29,32)/t25-/m1/s1. The summed E-state index contributed by atoms with van der Waals surface area (Å²) in [4.78, 5) is 27.2. The summed E-state index contributed by atoms with van der Waals surface area (Å²) in [5, 5.41) is 3.51. The number of rotatable bonds is 6. The Hall–Kier alpha value is -3.71. The number of hydrogen-bond donors (Lipinski definition) is 1. The molecule has 0 unspecified atom stereocenters. The van der Waals surface area contributed by atoms with Crippen molar-refractivity contribution in [1.29, 1.82) is 0 Å². The van der Waals surface area contributed by atoms with Crippen molar-refractivity contribution in [2.75, 3.05) is 32.7 Å². The zero-order valence-electron chi connectivity index (χ0n) is 19.8. The Balaban J connectivity index is 1.68. The summed E-state index contributed by atoms with van der Waals surface area (Å²) in [6.07, 6.45) is 0.645. The van der Waals surface area contributed by atoms with Gasteiger partial charge in [-0.3, -0.25) is 0 Å². The van der Waals surface area contributed by atoms with Gasteiger partial charge in [-0.2, -0.15) is 0 Å². The Kier molecular flexibility index (Phi) is 7.46. The number of ether oxygens (including phenoxy) is 3. The molecule has 0 fully saturated rings. The number of carbonyl (C=O) groups is 2. The zero-order chi connectivity index (χ0) is 24.9. The molecule has 1 aliphatic rings. The molecule has 0 aliphatic carbocycles. The van der Waals surface area contributed by atoms with Crippen LogP contribution in [0.3, 0.4) is 0 Å². The van der Waals surface area contributed by atoms with Crippen LogP contribution in [0.2, 0.25) is 5.02 Å². The van der Waals surface area contributed by atoms with Gasteiger partial charge in [0, 0.05) is 17.3 Å². The maximum absolute atomic E-state index is 13.5. The Bertz CT molecular complexity index is 1230. The molecule has 3 aromatic carbocycles. The van der Waals surface area contributed by atoms with Gasteiger partial charge in [-0.1, -0.05) is 29.8 Å². The average Bonchev–Trinajstić information content (AvgIpc) is 2.88. The first-order chi connectivity index (χ1) is 17.0. The van der Waals surface area contributed by atoms with Gasteiger partial charge < -0.3 is 24.4 Å². The molecule has 2 amide bonds. The van der Waals surface area contributed by atoms with Crippen LogP contribution >= 0.6 is 11.6 Å². The SMILES string of the molecule is CCOC(=O)c1ccc(NC(=O)N2CCc3cc(OC)c(OC)cc3[C@H]2c2ccccc2Cl)cc1. The van der Waals surface area contributed by atoms with E-state index in [9.17, 15) is 9.59 Å². The first-order valence-corrected chi connectivity index (χ1v) is 11.7. The van der Waals surface area contributed by atoms with Gasteiger partial charge in [0.25, 0.3) is 0 Å². The zero-order valence-corrected chi connectivity index (χ0v) is 20.6. The monoisotopic (exact) mass is 494 g/mol. The number of urea groups is 1. The van der Waals surface area contributed by atoms with E-state index in [4.69, 9.17) is 25.8 Å². The van der Waals surface area contributed by atoms with Crippen molar-refractivity contribution >= 4 is 29.3 Å². The maximum atomic E-state index is 13.5. The molecule has 182 valence electrons. The van der Waals surface area contributed by atoms with E-state index in [1.54, 1.807) is 50.3 Å². The Labute approximate surface area is 209 Å². The molecule has 0 bridgehead atoms. The number of methoxy groups -OCH3 is 2. The van der Waals surface area contributed by atoms with E-state index < -0.39 is 12.0 Å². The van der Waals surface area contributed by atoms with Crippen LogP contribution in [0.25, 0.3) is 0 Å². The second-order valence-corrected chi connectivity index (χ2v) is 8.41. The molecule has 0 spiro atoms. The highest BCUT2D eigenvalue weighted by molar-refractivity contribution is 6.31. The second kappa shape index (κ2) is 10.7. The highest BCUT2D eigenvalue weighted by atomic mass is 35.5. The lowest BCUT2D eigenvalue weighted by Crippen LogP contribution is -2.43. The summed E-state index contributed by atoms with van der Waals surface area (Å²) in [7, 11) is 3.19. The lowest BCUT2D eigenvalue weighted by molar-refractivity contribution is 0.0526. The number of hydrogen-bond acceptors (Lipinski definition) is 5. The van der Waals surface area contributed by atoms with Crippen LogP contribution in [-0.4, -0.2) is 44.3 Å². The molecular formula is C27H27ClN2O5. The van der Waals surface area contributed by atoms with Gasteiger partial charge in [0.2, 0.25) is 0 Å². The van der Waals surface area contributed by atoms with Gasteiger partial charge in [0.05, 0.1) is 32.4 Å². The van der Waals surface area contributed by atoms with Crippen LogP contribution in [0, 0.1) is 0 Å². The predicted octanol–water partition coefficient (Wildman–Crippen LogP) is 5.71. The number of fused-ring (bicyclic) bond motifs is 1. The average molecular weight is 495 g/mol. The minimum absolute atomic E-state index is 0.278. The normalized spacial score (nSPS) is 14.6. The Morgan fingerprint density at radius 2 is 1.69 bits per heavy atom. The summed E-state index contributed by atoms with van der Waals surface area (Å²) in [5.41, 5.74) is 3.80. The lowest BCUT2D eigenvalue weighted by atomic mass is 9.87. The van der Waals surface area contributed by atoms with E-state index in [0.717, 1.165) is 16.7 Å². The number of carbonyl (C=O) groups excluding carboxylic acids is 2. The quantitative estimate of drug-likeness (QED) is 0.444. The van der Waals surface area contributed by atoms with Crippen molar-refractivity contribution in [3.63, 3.8) is 0 Å². The Morgan fingerprint density at radius 1 is 1.00 bits per heavy atom. The van der Waals surface area contributed by atoms with Gasteiger partial charge >= 0.3 is 12.0 Å². The molecule has 4 rings (SSSR count). The smallest absolute Gasteiger partial charge is 0.338 e. The van der Waals surface area contributed by atoms with E-state index in [0.29, 0.717) is 47.3 Å². The number of nitrogens with zero attached hydrogens (tertiary/aromatic N) is 1. The van der Waals surface area contributed by atoms with E-state index in [-0.39, 0.29) is 6.03 Å². The van der Waals surface area contributed by atoms with E-state index in [2.05, 4.69) is 5.32 Å². The van der Waals surface area contributed by atoms with Gasteiger partial charge in [-0.15, -0.1) is 0 Å². The molecular weight excluding hydrogens is 468 g/mol. The van der Waals surface area contributed by atoms with Crippen LogP contribution in [0.4, 0.5) is 10.5 Å². The molecule has 1 heterocycles. The second-order valence-electron chi connectivity index (χ2n) is 8.00. The van der Waals surface area contributed by atoms with Crippen molar-refractivity contribution in [1.82, 2.24) is 4.90 Å².